The van der Waals surface area contributed by atoms with Crippen molar-refractivity contribution in [3.8, 4) is 5.75 Å². The van der Waals surface area contributed by atoms with Gasteiger partial charge in [0.2, 0.25) is 5.95 Å². The van der Waals surface area contributed by atoms with Gasteiger partial charge in [-0.1, -0.05) is 54.0 Å². The number of rotatable bonds is 16. The smallest absolute Gasteiger partial charge is 0.203 e. The van der Waals surface area contributed by atoms with Crippen molar-refractivity contribution in [3.05, 3.63) is 65.5 Å². The maximum Gasteiger partial charge on any atom is 0.203 e. The highest BCUT2D eigenvalue weighted by atomic mass is 16.5. The molecule has 45 heavy (non-hydrogen) atoms. The second-order valence-electron chi connectivity index (χ2n) is 10.3. The second kappa shape index (κ2) is 22.5. The summed E-state index contributed by atoms with van der Waals surface area (Å²) in [4.78, 5) is 11.0. The molecule has 0 aliphatic heterocycles. The molecule has 0 bridgehead atoms. The molecule has 2 heterocycles. The number of nitrogens with two attached hydrogens (primary N) is 1. The fourth-order valence-electron chi connectivity index (χ4n) is 4.30. The summed E-state index contributed by atoms with van der Waals surface area (Å²) in [5.41, 5.74) is 9.12. The molecule has 0 radical (unpaired) electrons. The molecule has 3 aromatic rings. The highest BCUT2D eigenvalue weighted by molar-refractivity contribution is 5.88. The van der Waals surface area contributed by atoms with Gasteiger partial charge >= 0.3 is 0 Å². The van der Waals surface area contributed by atoms with E-state index in [1.165, 1.54) is 31.2 Å². The Balaban J connectivity index is 0.000000431. The van der Waals surface area contributed by atoms with Crippen LogP contribution in [0.5, 0.6) is 5.75 Å². The molecular formula is C35H58N8O2. The van der Waals surface area contributed by atoms with E-state index in [9.17, 15) is 0 Å². The van der Waals surface area contributed by atoms with Crippen LogP contribution in [0.4, 0.5) is 17.5 Å². The Morgan fingerprint density at radius 3 is 2.40 bits per heavy atom. The number of hydrogen-bond donors (Lipinski definition) is 4. The molecule has 0 aliphatic rings. The highest BCUT2D eigenvalue weighted by Gasteiger charge is 2.14. The van der Waals surface area contributed by atoms with Gasteiger partial charge in [-0.2, -0.15) is 4.98 Å². The predicted molar refractivity (Wildman–Crippen MR) is 191 cm³/mol. The first-order valence-corrected chi connectivity index (χ1v) is 16.3. The Morgan fingerprint density at radius 1 is 1.16 bits per heavy atom. The number of nitrogens with one attached hydrogen (secondary N) is 3. The van der Waals surface area contributed by atoms with Crippen LogP contribution in [-0.2, 0) is 7.05 Å². The van der Waals surface area contributed by atoms with Crippen LogP contribution in [0, 0.1) is 11.3 Å². The van der Waals surface area contributed by atoms with Crippen molar-refractivity contribution in [2.24, 2.45) is 18.0 Å². The minimum atomic E-state index is 0.320. The molecule has 0 amide bonds. The number of nitrogen functional groups attached to an aromatic ring is 1. The SMILES string of the molecule is CC.CC/C=C(/Nc1c(C=N)c(=NCC)nc(N)n1C)c1ccco1.CCCN(CCC(C)CC)c1ccc(OCNC)cc1. The quantitative estimate of drug-likeness (QED) is 0.0974. The number of ether oxygens (including phenoxy) is 1. The van der Waals surface area contributed by atoms with Gasteiger partial charge in [-0.05, 0) is 75.5 Å². The molecule has 1 atom stereocenters. The van der Waals surface area contributed by atoms with Crippen molar-refractivity contribution in [1.29, 1.82) is 5.41 Å². The summed E-state index contributed by atoms with van der Waals surface area (Å²) in [5.74, 6) is 3.40. The number of anilines is 3. The lowest BCUT2D eigenvalue weighted by Gasteiger charge is -2.26. The zero-order chi connectivity index (χ0) is 33.6. The highest BCUT2D eigenvalue weighted by Crippen LogP contribution is 2.22. The summed E-state index contributed by atoms with van der Waals surface area (Å²) < 4.78 is 12.7. The van der Waals surface area contributed by atoms with Gasteiger partial charge < -0.3 is 35.1 Å². The van der Waals surface area contributed by atoms with Crippen LogP contribution >= 0.6 is 0 Å². The molecule has 5 N–H and O–H groups in total. The molecule has 0 saturated heterocycles. The number of aromatic nitrogens is 2. The topological polar surface area (TPSA) is 130 Å². The first-order valence-electron chi connectivity index (χ1n) is 16.3. The molecule has 2 aromatic heterocycles. The van der Waals surface area contributed by atoms with Crippen LogP contribution in [-0.4, -0.2) is 49.2 Å². The van der Waals surface area contributed by atoms with Gasteiger partial charge in [0.25, 0.3) is 0 Å². The van der Waals surface area contributed by atoms with Gasteiger partial charge in [0.05, 0.1) is 17.5 Å². The average Bonchev–Trinajstić information content (AvgIpc) is 3.61. The number of furan rings is 1. The van der Waals surface area contributed by atoms with E-state index in [0.717, 1.165) is 36.9 Å². The van der Waals surface area contributed by atoms with Gasteiger partial charge in [0.15, 0.2) is 5.49 Å². The zero-order valence-corrected chi connectivity index (χ0v) is 29.1. The van der Waals surface area contributed by atoms with E-state index in [1.807, 2.05) is 53.0 Å². The number of nitrogens with zero attached hydrogens (tertiary/aromatic N) is 4. The molecule has 10 nitrogen and oxygen atoms in total. The molecule has 1 unspecified atom stereocenters. The third kappa shape index (κ3) is 12.8. The van der Waals surface area contributed by atoms with Gasteiger partial charge in [0, 0.05) is 38.6 Å². The summed E-state index contributed by atoms with van der Waals surface area (Å²) in [6.45, 7) is 18.2. The van der Waals surface area contributed by atoms with Crippen LogP contribution in [0.3, 0.4) is 0 Å². The van der Waals surface area contributed by atoms with E-state index >= 15 is 0 Å². The fourth-order valence-corrected chi connectivity index (χ4v) is 4.30. The molecule has 10 heteroatoms. The summed E-state index contributed by atoms with van der Waals surface area (Å²) in [6, 6.07) is 12.1. The number of allylic oxidation sites excluding steroid dienone is 1. The third-order valence-electron chi connectivity index (χ3n) is 6.96. The number of hydrogen-bond acceptors (Lipinski definition) is 9. The molecule has 0 fully saturated rings. The van der Waals surface area contributed by atoms with E-state index in [4.69, 9.17) is 20.3 Å². The maximum atomic E-state index is 7.73. The van der Waals surface area contributed by atoms with Crippen molar-refractivity contribution in [2.45, 2.75) is 74.1 Å². The second-order valence-corrected chi connectivity index (χ2v) is 10.3. The van der Waals surface area contributed by atoms with Crippen molar-refractivity contribution in [3.63, 3.8) is 0 Å². The molecule has 0 aliphatic carbocycles. The summed E-state index contributed by atoms with van der Waals surface area (Å²) in [7, 11) is 3.67. The monoisotopic (exact) mass is 622 g/mol. The van der Waals surface area contributed by atoms with Crippen LogP contribution in [0.15, 0.2) is 58.1 Å². The lowest BCUT2D eigenvalue weighted by atomic mass is 10.0. The van der Waals surface area contributed by atoms with E-state index in [0.29, 0.717) is 41.9 Å². The summed E-state index contributed by atoms with van der Waals surface area (Å²) in [5, 5.41) is 14.0. The Labute approximate surface area is 271 Å². The molecule has 0 spiro atoms. The van der Waals surface area contributed by atoms with E-state index < -0.39 is 0 Å². The summed E-state index contributed by atoms with van der Waals surface area (Å²) >= 11 is 0. The summed E-state index contributed by atoms with van der Waals surface area (Å²) in [6.07, 6.45) is 9.40. The van der Waals surface area contributed by atoms with Crippen molar-refractivity contribution < 1.29 is 9.15 Å². The van der Waals surface area contributed by atoms with Crippen LogP contribution in [0.2, 0.25) is 0 Å². The molecule has 0 saturated carbocycles. The van der Waals surface area contributed by atoms with Gasteiger partial charge in [0.1, 0.15) is 24.1 Å². The zero-order valence-electron chi connectivity index (χ0n) is 29.1. The van der Waals surface area contributed by atoms with Crippen LogP contribution < -0.4 is 31.5 Å². The Kier molecular flexibility index (Phi) is 19.5. The van der Waals surface area contributed by atoms with Crippen LogP contribution in [0.1, 0.15) is 85.5 Å². The molecule has 3 rings (SSSR count). The van der Waals surface area contributed by atoms with E-state index in [-0.39, 0.29) is 0 Å². The lowest BCUT2D eigenvalue weighted by Crippen LogP contribution is -2.26. The predicted octanol–water partition coefficient (Wildman–Crippen LogP) is 7.30. The Morgan fingerprint density at radius 2 is 1.87 bits per heavy atom. The molecule has 1 aromatic carbocycles. The van der Waals surface area contributed by atoms with Crippen molar-refractivity contribution in [2.75, 3.05) is 49.4 Å². The first-order chi connectivity index (χ1) is 21.8. The minimum absolute atomic E-state index is 0.320. The van der Waals surface area contributed by atoms with E-state index in [1.54, 1.807) is 17.9 Å². The van der Waals surface area contributed by atoms with Gasteiger partial charge in [-0.25, -0.2) is 0 Å². The third-order valence-corrected chi connectivity index (χ3v) is 6.96. The normalized spacial score (nSPS) is 11.9. The van der Waals surface area contributed by atoms with Crippen LogP contribution in [0.25, 0.3) is 5.70 Å². The largest absolute Gasteiger partial charge is 0.478 e. The maximum absolute atomic E-state index is 7.73. The fraction of sp³-hybridized carbons (Fsp3) is 0.514. The standard InChI is InChI=1S/C17H30N2O.C16H22N6O.C2H6/c1-5-12-19(13-11-15(3)6-2)16-7-9-17(10-8-16)20-14-18-4;1-4-7-12(13-8-6-9-23-13)20-15-11(10-17)14(19-5-2)21-16(18)22(15)3;1-2/h7-10,15,18H,5-6,11-14H2,1-4H3;6-10,17,20H,4-5H2,1-3H3,(H2,18,19,21);1-2H3/b;12-7+,17-10?;. The van der Waals surface area contributed by atoms with Crippen molar-refractivity contribution >= 4 is 29.4 Å². The average molecular weight is 623 g/mol. The van der Waals surface area contributed by atoms with Gasteiger partial charge in [-0.3, -0.25) is 10.3 Å². The van der Waals surface area contributed by atoms with E-state index in [2.05, 4.69) is 70.5 Å². The Hall–Kier alpha value is -4.05. The Bertz CT molecular complexity index is 1310. The molecular weight excluding hydrogens is 564 g/mol. The minimum Gasteiger partial charge on any atom is -0.478 e. The van der Waals surface area contributed by atoms with Crippen molar-refractivity contribution in [1.82, 2.24) is 14.9 Å². The lowest BCUT2D eigenvalue weighted by molar-refractivity contribution is 0.296. The first kappa shape index (κ1) is 39.0. The molecule has 250 valence electrons. The number of benzene rings is 1. The van der Waals surface area contributed by atoms with Gasteiger partial charge in [-0.15, -0.1) is 0 Å².